The minimum Gasteiger partial charge on any atom is -0.444 e. The van der Waals surface area contributed by atoms with Crippen LogP contribution in [0.1, 0.15) is 47.0 Å². The fourth-order valence-corrected chi connectivity index (χ4v) is 2.68. The Morgan fingerprint density at radius 2 is 1.69 bits per heavy atom. The molecule has 0 atom stereocenters. The van der Waals surface area contributed by atoms with Crippen molar-refractivity contribution in [1.29, 1.82) is 0 Å². The number of rotatable bonds is 7. The standard InChI is InChI=1S/C18H37N5O2.HI/c1-15-7-13-23(14-8-15)12-6-9-20-16(19-5)21-10-11-22-17(24)25-18(2,3)4;/h15H,6-14H2,1-5H3,(H,22,24)(H2,19,20,21);1H. The van der Waals surface area contributed by atoms with Gasteiger partial charge in [0.05, 0.1) is 0 Å². The van der Waals surface area contributed by atoms with Gasteiger partial charge < -0.3 is 25.6 Å². The van der Waals surface area contributed by atoms with Crippen molar-refractivity contribution in [2.24, 2.45) is 10.9 Å². The van der Waals surface area contributed by atoms with E-state index in [1.165, 1.54) is 25.9 Å². The van der Waals surface area contributed by atoms with Gasteiger partial charge in [0, 0.05) is 26.7 Å². The number of hydrogen-bond donors (Lipinski definition) is 3. The summed E-state index contributed by atoms with van der Waals surface area (Å²) >= 11 is 0. The van der Waals surface area contributed by atoms with E-state index in [0.29, 0.717) is 13.1 Å². The van der Waals surface area contributed by atoms with E-state index in [9.17, 15) is 4.79 Å². The fourth-order valence-electron chi connectivity index (χ4n) is 2.68. The van der Waals surface area contributed by atoms with Crippen LogP contribution in [0.3, 0.4) is 0 Å². The van der Waals surface area contributed by atoms with E-state index in [0.717, 1.165) is 31.4 Å². The van der Waals surface area contributed by atoms with Crippen molar-refractivity contribution in [2.75, 3.05) is 46.3 Å². The molecule has 0 unspecified atom stereocenters. The third kappa shape index (κ3) is 12.6. The highest BCUT2D eigenvalue weighted by Crippen LogP contribution is 2.15. The number of hydrogen-bond acceptors (Lipinski definition) is 4. The molecule has 0 spiro atoms. The summed E-state index contributed by atoms with van der Waals surface area (Å²) in [5.74, 6) is 1.64. The maximum absolute atomic E-state index is 11.5. The smallest absolute Gasteiger partial charge is 0.407 e. The summed E-state index contributed by atoms with van der Waals surface area (Å²) in [7, 11) is 1.75. The lowest BCUT2D eigenvalue weighted by molar-refractivity contribution is 0.0529. The highest BCUT2D eigenvalue weighted by atomic mass is 127. The zero-order valence-electron chi connectivity index (χ0n) is 17.1. The van der Waals surface area contributed by atoms with Gasteiger partial charge in [-0.1, -0.05) is 6.92 Å². The minimum atomic E-state index is -0.471. The molecule has 0 aromatic rings. The predicted octanol–water partition coefficient (Wildman–Crippen LogP) is 2.42. The van der Waals surface area contributed by atoms with Crippen molar-refractivity contribution in [2.45, 2.75) is 52.6 Å². The highest BCUT2D eigenvalue weighted by molar-refractivity contribution is 14.0. The Hall–Kier alpha value is -0.770. The van der Waals surface area contributed by atoms with Crippen molar-refractivity contribution in [1.82, 2.24) is 20.9 Å². The van der Waals surface area contributed by atoms with Crippen LogP contribution < -0.4 is 16.0 Å². The van der Waals surface area contributed by atoms with E-state index in [-0.39, 0.29) is 24.0 Å². The summed E-state index contributed by atoms with van der Waals surface area (Å²) in [6.45, 7) is 13.5. The molecule has 0 aromatic carbocycles. The van der Waals surface area contributed by atoms with Crippen LogP contribution in [0.25, 0.3) is 0 Å². The zero-order chi connectivity index (χ0) is 18.7. The number of aliphatic imine (C=N–C) groups is 1. The number of carbonyl (C=O) groups is 1. The van der Waals surface area contributed by atoms with Gasteiger partial charge >= 0.3 is 6.09 Å². The lowest BCUT2D eigenvalue weighted by Gasteiger charge is -2.30. The van der Waals surface area contributed by atoms with Gasteiger partial charge in [0.15, 0.2) is 5.96 Å². The van der Waals surface area contributed by atoms with Crippen LogP contribution in [-0.2, 0) is 4.74 Å². The van der Waals surface area contributed by atoms with E-state index >= 15 is 0 Å². The van der Waals surface area contributed by atoms with Crippen LogP contribution in [0.4, 0.5) is 4.79 Å². The molecule has 154 valence electrons. The summed E-state index contributed by atoms with van der Waals surface area (Å²) in [5, 5.41) is 9.22. The first-order valence-electron chi connectivity index (χ1n) is 9.44. The molecule has 0 saturated carbocycles. The summed E-state index contributed by atoms with van der Waals surface area (Å²) in [4.78, 5) is 18.3. The number of carbonyl (C=O) groups excluding carboxylic acids is 1. The molecule has 3 N–H and O–H groups in total. The third-order valence-electron chi connectivity index (χ3n) is 4.13. The molecule has 1 fully saturated rings. The number of alkyl carbamates (subject to hydrolysis) is 1. The fraction of sp³-hybridized carbons (Fsp3) is 0.889. The van der Waals surface area contributed by atoms with Crippen molar-refractivity contribution >= 4 is 36.0 Å². The summed E-state index contributed by atoms with van der Waals surface area (Å²) in [5.41, 5.74) is -0.471. The van der Waals surface area contributed by atoms with Crippen LogP contribution in [-0.4, -0.2) is 68.9 Å². The largest absolute Gasteiger partial charge is 0.444 e. The van der Waals surface area contributed by atoms with E-state index in [4.69, 9.17) is 4.74 Å². The number of ether oxygens (including phenoxy) is 1. The Bertz CT molecular complexity index is 418. The van der Waals surface area contributed by atoms with E-state index in [2.05, 4.69) is 32.8 Å². The maximum Gasteiger partial charge on any atom is 0.407 e. The van der Waals surface area contributed by atoms with E-state index < -0.39 is 11.7 Å². The number of likely N-dealkylation sites (tertiary alicyclic amines) is 1. The van der Waals surface area contributed by atoms with Crippen LogP contribution in [0.15, 0.2) is 4.99 Å². The van der Waals surface area contributed by atoms with Gasteiger partial charge in [-0.25, -0.2) is 4.79 Å². The van der Waals surface area contributed by atoms with Crippen molar-refractivity contribution < 1.29 is 9.53 Å². The Balaban J connectivity index is 0.00000625. The Kier molecular flexibility index (Phi) is 13.0. The molecular weight excluding hydrogens is 445 g/mol. The lowest BCUT2D eigenvalue weighted by atomic mass is 9.99. The number of nitrogens with one attached hydrogen (secondary N) is 3. The third-order valence-corrected chi connectivity index (χ3v) is 4.13. The van der Waals surface area contributed by atoms with Gasteiger partial charge in [-0.05, 0) is 65.6 Å². The van der Waals surface area contributed by atoms with Gasteiger partial charge in [0.2, 0.25) is 0 Å². The maximum atomic E-state index is 11.5. The normalized spacial score (nSPS) is 16.6. The minimum absolute atomic E-state index is 0. The molecule has 1 aliphatic heterocycles. The van der Waals surface area contributed by atoms with Gasteiger partial charge in [-0.15, -0.1) is 24.0 Å². The lowest BCUT2D eigenvalue weighted by Crippen LogP contribution is -2.43. The quantitative estimate of drug-likeness (QED) is 0.225. The molecule has 7 nitrogen and oxygen atoms in total. The highest BCUT2D eigenvalue weighted by Gasteiger charge is 2.16. The molecular formula is C18H38IN5O2. The van der Waals surface area contributed by atoms with Crippen LogP contribution in [0.5, 0.6) is 0 Å². The SMILES string of the molecule is CN=C(NCCCN1CCC(C)CC1)NCCNC(=O)OC(C)(C)C.I. The number of nitrogens with zero attached hydrogens (tertiary/aromatic N) is 2. The molecule has 1 heterocycles. The average Bonchev–Trinajstić information content (AvgIpc) is 2.53. The molecule has 1 rings (SSSR count). The number of guanidine groups is 1. The number of piperidine rings is 1. The van der Waals surface area contributed by atoms with Crippen LogP contribution >= 0.6 is 24.0 Å². The van der Waals surface area contributed by atoms with Crippen LogP contribution in [0.2, 0.25) is 0 Å². The molecule has 1 aliphatic rings. The van der Waals surface area contributed by atoms with Crippen molar-refractivity contribution in [3.8, 4) is 0 Å². The molecule has 0 aromatic heterocycles. The van der Waals surface area contributed by atoms with Gasteiger partial charge in [0.25, 0.3) is 0 Å². The summed E-state index contributed by atoms with van der Waals surface area (Å²) in [6, 6.07) is 0. The first kappa shape index (κ1) is 25.2. The van der Waals surface area contributed by atoms with Crippen LogP contribution in [0, 0.1) is 5.92 Å². The van der Waals surface area contributed by atoms with Gasteiger partial charge in [0.1, 0.15) is 5.60 Å². The molecule has 1 amide bonds. The number of amides is 1. The first-order chi connectivity index (χ1) is 11.8. The van der Waals surface area contributed by atoms with Gasteiger partial charge in [-0.2, -0.15) is 0 Å². The van der Waals surface area contributed by atoms with Crippen molar-refractivity contribution in [3.05, 3.63) is 0 Å². The van der Waals surface area contributed by atoms with E-state index in [1.807, 2.05) is 20.8 Å². The second-order valence-electron chi connectivity index (χ2n) is 7.73. The summed E-state index contributed by atoms with van der Waals surface area (Å²) < 4.78 is 5.19. The number of halogens is 1. The average molecular weight is 483 g/mol. The molecule has 0 radical (unpaired) electrons. The molecule has 1 saturated heterocycles. The Morgan fingerprint density at radius 1 is 1.12 bits per heavy atom. The monoisotopic (exact) mass is 483 g/mol. The first-order valence-corrected chi connectivity index (χ1v) is 9.44. The van der Waals surface area contributed by atoms with E-state index in [1.54, 1.807) is 7.05 Å². The molecule has 26 heavy (non-hydrogen) atoms. The zero-order valence-corrected chi connectivity index (χ0v) is 19.4. The molecule has 8 heteroatoms. The molecule has 0 bridgehead atoms. The predicted molar refractivity (Wildman–Crippen MR) is 118 cm³/mol. The Labute approximate surface area is 176 Å². The topological polar surface area (TPSA) is 78.0 Å². The summed E-state index contributed by atoms with van der Waals surface area (Å²) in [6.07, 6.45) is 3.35. The second-order valence-corrected chi connectivity index (χ2v) is 7.73. The Morgan fingerprint density at radius 3 is 2.27 bits per heavy atom. The van der Waals surface area contributed by atoms with Gasteiger partial charge in [-0.3, -0.25) is 4.99 Å². The van der Waals surface area contributed by atoms with Crippen molar-refractivity contribution in [3.63, 3.8) is 0 Å². The molecule has 0 aliphatic carbocycles. The second kappa shape index (κ2) is 13.4.